The van der Waals surface area contributed by atoms with Crippen molar-refractivity contribution in [1.29, 1.82) is 0 Å². The number of primary amides is 1. The maximum Gasteiger partial charge on any atom is 0.266 e. The molecule has 1 aromatic carbocycles. The first-order chi connectivity index (χ1) is 16.3. The van der Waals surface area contributed by atoms with Crippen molar-refractivity contribution >= 4 is 16.8 Å². The minimum absolute atomic E-state index is 0.0863. The molecule has 2 unspecified atom stereocenters. The fourth-order valence-corrected chi connectivity index (χ4v) is 4.93. The number of hydrogen-bond acceptors (Lipinski definition) is 6. The number of nitrogens with zero attached hydrogens (tertiary/aromatic N) is 5. The molecule has 1 fully saturated rings. The highest BCUT2D eigenvalue weighted by Gasteiger charge is 2.37. The van der Waals surface area contributed by atoms with E-state index in [1.165, 1.54) is 10.7 Å². The number of aromatic nitrogens is 5. The van der Waals surface area contributed by atoms with E-state index in [4.69, 9.17) is 10.8 Å². The highest BCUT2D eigenvalue weighted by atomic mass is 16.3. The molecule has 5 rings (SSSR count). The van der Waals surface area contributed by atoms with Gasteiger partial charge in [-0.15, -0.1) is 0 Å². The van der Waals surface area contributed by atoms with E-state index in [0.29, 0.717) is 18.4 Å². The first-order valence-corrected chi connectivity index (χ1v) is 11.3. The Morgan fingerprint density at radius 3 is 2.85 bits per heavy atom. The lowest BCUT2D eigenvalue weighted by molar-refractivity contribution is -0.0321. The lowest BCUT2D eigenvalue weighted by Crippen LogP contribution is -2.43. The maximum absolute atomic E-state index is 12.2. The van der Waals surface area contributed by atoms with Crippen LogP contribution in [0.25, 0.3) is 22.2 Å². The quantitative estimate of drug-likeness (QED) is 0.473. The molecule has 1 amide bonds. The predicted molar refractivity (Wildman–Crippen MR) is 127 cm³/mol. The third-order valence-electron chi connectivity index (χ3n) is 6.53. The van der Waals surface area contributed by atoms with Crippen molar-refractivity contribution in [1.82, 2.24) is 24.5 Å². The largest absolute Gasteiger partial charge is 0.388 e. The number of rotatable bonds is 5. The van der Waals surface area contributed by atoms with Gasteiger partial charge < -0.3 is 10.8 Å². The van der Waals surface area contributed by atoms with E-state index in [2.05, 4.69) is 10.1 Å². The van der Waals surface area contributed by atoms with Crippen LogP contribution in [0.15, 0.2) is 59.7 Å². The minimum Gasteiger partial charge on any atom is -0.388 e. The molecule has 9 heteroatoms. The Morgan fingerprint density at radius 2 is 2.09 bits per heavy atom. The molecular weight excluding hydrogens is 432 g/mol. The van der Waals surface area contributed by atoms with Crippen molar-refractivity contribution < 1.29 is 9.90 Å². The first kappa shape index (κ1) is 22.0. The van der Waals surface area contributed by atoms with Crippen molar-refractivity contribution in [3.05, 3.63) is 76.5 Å². The molecule has 4 aromatic rings. The lowest BCUT2D eigenvalue weighted by atomic mass is 9.81. The molecule has 0 saturated heterocycles. The molecule has 9 nitrogen and oxygen atoms in total. The van der Waals surface area contributed by atoms with Crippen LogP contribution in [0.5, 0.6) is 0 Å². The van der Waals surface area contributed by atoms with Gasteiger partial charge in [0.15, 0.2) is 0 Å². The lowest BCUT2D eigenvalue weighted by Gasteiger charge is -2.37. The van der Waals surface area contributed by atoms with Gasteiger partial charge >= 0.3 is 0 Å². The van der Waals surface area contributed by atoms with Gasteiger partial charge in [0.25, 0.3) is 5.56 Å². The van der Waals surface area contributed by atoms with Gasteiger partial charge in [0.05, 0.1) is 23.7 Å². The first-order valence-electron chi connectivity index (χ1n) is 11.3. The van der Waals surface area contributed by atoms with Crippen LogP contribution in [-0.2, 0) is 6.54 Å². The van der Waals surface area contributed by atoms with Gasteiger partial charge in [-0.25, -0.2) is 4.68 Å². The molecule has 0 radical (unpaired) electrons. The summed E-state index contributed by atoms with van der Waals surface area (Å²) in [4.78, 5) is 28.3. The highest BCUT2D eigenvalue weighted by molar-refractivity contribution is 6.01. The van der Waals surface area contributed by atoms with Crippen molar-refractivity contribution in [2.75, 3.05) is 0 Å². The van der Waals surface area contributed by atoms with Gasteiger partial charge in [-0.1, -0.05) is 0 Å². The average molecular weight is 459 g/mol. The molecule has 0 spiro atoms. The number of nitrogens with two attached hydrogens (primary N) is 1. The van der Waals surface area contributed by atoms with E-state index in [-0.39, 0.29) is 18.1 Å². The van der Waals surface area contributed by atoms with E-state index in [9.17, 15) is 14.7 Å². The summed E-state index contributed by atoms with van der Waals surface area (Å²) < 4.78 is 3.25. The number of fused-ring (bicyclic) bond motifs is 1. The predicted octanol–water partition coefficient (Wildman–Crippen LogP) is 2.61. The Bertz CT molecular complexity index is 1440. The van der Waals surface area contributed by atoms with Crippen LogP contribution in [0.1, 0.15) is 47.8 Å². The fourth-order valence-electron chi connectivity index (χ4n) is 4.93. The third-order valence-corrected chi connectivity index (χ3v) is 6.53. The number of pyridine rings is 1. The zero-order valence-corrected chi connectivity index (χ0v) is 18.9. The van der Waals surface area contributed by atoms with Crippen LogP contribution in [0.4, 0.5) is 0 Å². The van der Waals surface area contributed by atoms with E-state index in [1.54, 1.807) is 30.6 Å². The van der Waals surface area contributed by atoms with Gasteiger partial charge in [0.2, 0.25) is 5.91 Å². The van der Waals surface area contributed by atoms with Crippen LogP contribution in [0.3, 0.4) is 0 Å². The van der Waals surface area contributed by atoms with Gasteiger partial charge in [0.1, 0.15) is 5.69 Å². The van der Waals surface area contributed by atoms with Gasteiger partial charge in [0, 0.05) is 47.1 Å². The monoisotopic (exact) mass is 458 g/mol. The Balaban J connectivity index is 1.57. The van der Waals surface area contributed by atoms with Crippen molar-refractivity contribution in [2.45, 2.75) is 50.8 Å². The minimum atomic E-state index is -1.08. The van der Waals surface area contributed by atoms with Crippen LogP contribution < -0.4 is 11.3 Å². The van der Waals surface area contributed by atoms with Crippen LogP contribution >= 0.6 is 0 Å². The molecule has 3 N–H and O–H groups in total. The van der Waals surface area contributed by atoms with Crippen molar-refractivity contribution in [3.8, 4) is 11.3 Å². The molecule has 1 aliphatic rings. The summed E-state index contributed by atoms with van der Waals surface area (Å²) >= 11 is 0. The van der Waals surface area contributed by atoms with Gasteiger partial charge in [-0.05, 0) is 62.6 Å². The van der Waals surface area contributed by atoms with Gasteiger partial charge in [-0.2, -0.15) is 10.2 Å². The molecule has 2 atom stereocenters. The molecule has 3 aromatic heterocycles. The number of aryl methyl sites for hydroxylation is 1. The number of benzene rings is 1. The molecule has 0 aliphatic heterocycles. The standard InChI is InChI=1S/C25H26N6O3/c1-16-12-17(8-11-27-16)23-20-13-18(24(26)33)6-7-21(20)31(29-23)19-4-2-9-25(34,14-19)15-30-22(32)5-3-10-28-30/h3,5-8,10-13,19,34H,2,4,9,14-15H2,1H3,(H2,26,33). The van der Waals surface area contributed by atoms with Crippen LogP contribution in [-0.4, -0.2) is 41.2 Å². The molecule has 174 valence electrons. The number of hydrogen-bond donors (Lipinski definition) is 2. The molecular formula is C25H26N6O3. The molecule has 34 heavy (non-hydrogen) atoms. The SMILES string of the molecule is Cc1cc(-c2nn(C3CCCC(O)(Cn4ncccc4=O)C3)c3ccc(C(N)=O)cc23)ccn1. The third kappa shape index (κ3) is 4.10. The smallest absolute Gasteiger partial charge is 0.266 e. The maximum atomic E-state index is 12.2. The second-order valence-electron chi connectivity index (χ2n) is 9.07. The fraction of sp³-hybridized carbons (Fsp3) is 0.320. The van der Waals surface area contributed by atoms with Crippen molar-refractivity contribution in [3.63, 3.8) is 0 Å². The Hall–Kier alpha value is -3.85. The molecule has 3 heterocycles. The average Bonchev–Trinajstić information content (AvgIpc) is 3.19. The zero-order valence-electron chi connectivity index (χ0n) is 18.9. The van der Waals surface area contributed by atoms with Crippen LogP contribution in [0.2, 0.25) is 0 Å². The summed E-state index contributed by atoms with van der Waals surface area (Å²) in [7, 11) is 0. The second kappa shape index (κ2) is 8.49. The second-order valence-corrected chi connectivity index (χ2v) is 9.07. The molecule has 1 aliphatic carbocycles. The summed E-state index contributed by atoms with van der Waals surface area (Å²) in [6.07, 6.45) is 5.91. The summed E-state index contributed by atoms with van der Waals surface area (Å²) in [5, 5.41) is 21.3. The Labute approximate surface area is 195 Å². The van der Waals surface area contributed by atoms with Crippen molar-refractivity contribution in [2.24, 2.45) is 5.73 Å². The summed E-state index contributed by atoms with van der Waals surface area (Å²) in [6, 6.07) is 12.1. The van der Waals surface area contributed by atoms with Crippen LogP contribution in [0, 0.1) is 6.92 Å². The number of carbonyl (C=O) groups is 1. The number of aliphatic hydroxyl groups is 1. The number of amides is 1. The summed E-state index contributed by atoms with van der Waals surface area (Å²) in [5.41, 5.74) is 7.98. The topological polar surface area (TPSA) is 129 Å². The zero-order chi connectivity index (χ0) is 23.9. The summed E-state index contributed by atoms with van der Waals surface area (Å²) in [5.74, 6) is -0.501. The normalized spacial score (nSPS) is 20.5. The van der Waals surface area contributed by atoms with E-state index >= 15 is 0 Å². The molecule has 1 saturated carbocycles. The summed E-state index contributed by atoms with van der Waals surface area (Å²) in [6.45, 7) is 2.04. The van der Waals surface area contributed by atoms with Gasteiger partial charge in [-0.3, -0.25) is 19.3 Å². The Morgan fingerprint density at radius 1 is 1.24 bits per heavy atom. The van der Waals surface area contributed by atoms with E-state index < -0.39 is 11.5 Å². The number of carbonyl (C=O) groups excluding carboxylic acids is 1. The Kier molecular flexibility index (Phi) is 5.49. The highest BCUT2D eigenvalue weighted by Crippen LogP contribution is 2.39. The molecule has 0 bridgehead atoms. The van der Waals surface area contributed by atoms with E-state index in [1.807, 2.05) is 29.8 Å². The van der Waals surface area contributed by atoms with E-state index in [0.717, 1.165) is 40.7 Å².